The fourth-order valence-electron chi connectivity index (χ4n) is 5.09. The maximum absolute atomic E-state index is 13.0. The van der Waals surface area contributed by atoms with Crippen LogP contribution in [-0.2, 0) is 20.9 Å². The number of carbonyl (C=O) groups excluding carboxylic acids is 2. The molecule has 0 unspecified atom stereocenters. The number of likely N-dealkylation sites (tertiary alicyclic amines) is 1. The topological polar surface area (TPSA) is 46.6 Å². The highest BCUT2D eigenvalue weighted by atomic mass is 16.5. The van der Waals surface area contributed by atoms with Gasteiger partial charge in [0.1, 0.15) is 0 Å². The van der Waals surface area contributed by atoms with Gasteiger partial charge in [0.25, 0.3) is 0 Å². The Kier molecular flexibility index (Phi) is 5.39. The first-order valence-electron chi connectivity index (χ1n) is 10.2. The Balaban J connectivity index is 1.35. The van der Waals surface area contributed by atoms with Crippen LogP contribution in [0.5, 0.6) is 0 Å². The summed E-state index contributed by atoms with van der Waals surface area (Å²) in [5.74, 6) is 0.513. The number of rotatable bonds is 4. The van der Waals surface area contributed by atoms with Crippen LogP contribution in [-0.4, -0.2) is 29.4 Å². The largest absolute Gasteiger partial charge is 0.373 e. The molecule has 4 heteroatoms. The van der Waals surface area contributed by atoms with E-state index in [1.54, 1.807) is 4.90 Å². The predicted octanol–water partition coefficient (Wildman–Crippen LogP) is 3.94. The summed E-state index contributed by atoms with van der Waals surface area (Å²) in [7, 11) is 0. The molecule has 1 saturated heterocycles. The number of piperidine rings is 1. The summed E-state index contributed by atoms with van der Waals surface area (Å²) in [6.45, 7) is 1.19. The van der Waals surface area contributed by atoms with Crippen LogP contribution in [0, 0.1) is 17.8 Å². The van der Waals surface area contributed by atoms with Gasteiger partial charge in [0.05, 0.1) is 12.7 Å². The van der Waals surface area contributed by atoms with Gasteiger partial charge >= 0.3 is 0 Å². The van der Waals surface area contributed by atoms with Crippen molar-refractivity contribution in [1.82, 2.24) is 4.90 Å². The van der Waals surface area contributed by atoms with E-state index >= 15 is 0 Å². The number of hydrogen-bond acceptors (Lipinski definition) is 3. The van der Waals surface area contributed by atoms with E-state index in [2.05, 4.69) is 12.1 Å². The molecule has 4 nitrogen and oxygen atoms in total. The fraction of sp³-hybridized carbons (Fsp3) is 0.636. The molecule has 2 amide bonds. The van der Waals surface area contributed by atoms with Gasteiger partial charge in [-0.05, 0) is 43.6 Å². The van der Waals surface area contributed by atoms with E-state index in [9.17, 15) is 9.59 Å². The van der Waals surface area contributed by atoms with Crippen molar-refractivity contribution in [2.75, 3.05) is 6.54 Å². The Hall–Kier alpha value is -1.68. The van der Waals surface area contributed by atoms with Crippen molar-refractivity contribution in [3.05, 3.63) is 35.9 Å². The second kappa shape index (κ2) is 7.91. The van der Waals surface area contributed by atoms with Gasteiger partial charge in [-0.3, -0.25) is 14.5 Å². The summed E-state index contributed by atoms with van der Waals surface area (Å²) in [6.07, 6.45) is 8.23. The zero-order valence-corrected chi connectivity index (χ0v) is 15.4. The third kappa shape index (κ3) is 3.57. The highest BCUT2D eigenvalue weighted by Gasteiger charge is 2.47. The molecule has 2 aliphatic carbocycles. The molecule has 0 N–H and O–H groups in total. The van der Waals surface area contributed by atoms with Gasteiger partial charge in [-0.25, -0.2) is 0 Å². The van der Waals surface area contributed by atoms with Crippen LogP contribution in [0.25, 0.3) is 0 Å². The van der Waals surface area contributed by atoms with Crippen molar-refractivity contribution < 1.29 is 14.3 Å². The molecule has 1 aliphatic heterocycles. The van der Waals surface area contributed by atoms with Gasteiger partial charge < -0.3 is 4.74 Å². The lowest BCUT2D eigenvalue weighted by Crippen LogP contribution is -2.50. The summed E-state index contributed by atoms with van der Waals surface area (Å²) in [5.41, 5.74) is 1.17. The molecule has 2 saturated carbocycles. The molecule has 0 radical (unpaired) electrons. The molecule has 1 aromatic carbocycles. The molecule has 0 bridgehead atoms. The molecular formula is C22H29NO3. The van der Waals surface area contributed by atoms with Crippen molar-refractivity contribution >= 4 is 11.8 Å². The van der Waals surface area contributed by atoms with E-state index in [0.29, 0.717) is 13.2 Å². The number of imide groups is 1. The Labute approximate surface area is 155 Å². The summed E-state index contributed by atoms with van der Waals surface area (Å²) in [4.78, 5) is 27.4. The maximum Gasteiger partial charge on any atom is 0.232 e. The van der Waals surface area contributed by atoms with Gasteiger partial charge in [-0.1, -0.05) is 49.6 Å². The first-order valence-corrected chi connectivity index (χ1v) is 10.2. The number of hydrogen-bond donors (Lipinski definition) is 0. The van der Waals surface area contributed by atoms with Gasteiger partial charge in [0.15, 0.2) is 0 Å². The first-order chi connectivity index (χ1) is 12.7. The van der Waals surface area contributed by atoms with Gasteiger partial charge in [-0.2, -0.15) is 0 Å². The lowest BCUT2D eigenvalue weighted by atomic mass is 9.84. The minimum absolute atomic E-state index is 0.0166. The molecule has 3 atom stereocenters. The fourth-order valence-corrected chi connectivity index (χ4v) is 5.09. The summed E-state index contributed by atoms with van der Waals surface area (Å²) >= 11 is 0. The monoisotopic (exact) mass is 355 g/mol. The smallest absolute Gasteiger partial charge is 0.232 e. The molecule has 4 rings (SSSR count). The Morgan fingerprint density at radius 1 is 1.00 bits per heavy atom. The molecule has 140 valence electrons. The second-order valence-corrected chi connectivity index (χ2v) is 8.13. The van der Waals surface area contributed by atoms with Gasteiger partial charge in [-0.15, -0.1) is 0 Å². The maximum atomic E-state index is 13.0. The number of amides is 2. The third-order valence-electron chi connectivity index (χ3n) is 6.55. The van der Waals surface area contributed by atoms with Gasteiger partial charge in [0.2, 0.25) is 11.8 Å². The number of carbonyl (C=O) groups is 2. The van der Waals surface area contributed by atoms with E-state index in [1.165, 1.54) is 12.0 Å². The van der Waals surface area contributed by atoms with Crippen molar-refractivity contribution in [3.8, 4) is 0 Å². The van der Waals surface area contributed by atoms with Crippen molar-refractivity contribution in [1.29, 1.82) is 0 Å². The van der Waals surface area contributed by atoms with E-state index in [4.69, 9.17) is 4.74 Å². The molecule has 1 heterocycles. The van der Waals surface area contributed by atoms with E-state index in [0.717, 1.165) is 44.9 Å². The molecule has 0 aromatic heterocycles. The van der Waals surface area contributed by atoms with Gasteiger partial charge in [0, 0.05) is 18.4 Å². The lowest BCUT2D eigenvalue weighted by Gasteiger charge is -2.37. The molecule has 3 fully saturated rings. The number of benzene rings is 1. The third-order valence-corrected chi connectivity index (χ3v) is 6.55. The molecule has 3 aliphatic rings. The van der Waals surface area contributed by atoms with Crippen LogP contribution in [0.3, 0.4) is 0 Å². The SMILES string of the molecule is O=C(C1CCCCC1)N1CC[C@H]2[C@H](OCc3ccccc3)CC[C@H]2C1=O. The normalized spacial score (nSPS) is 29.6. The van der Waals surface area contributed by atoms with Crippen molar-refractivity contribution in [2.24, 2.45) is 17.8 Å². The first kappa shape index (κ1) is 17.7. The van der Waals surface area contributed by atoms with Crippen LogP contribution < -0.4 is 0 Å². The van der Waals surface area contributed by atoms with Crippen LogP contribution in [0.15, 0.2) is 30.3 Å². The van der Waals surface area contributed by atoms with Crippen LogP contribution in [0.1, 0.15) is 56.9 Å². The zero-order valence-electron chi connectivity index (χ0n) is 15.4. The zero-order chi connectivity index (χ0) is 17.9. The van der Waals surface area contributed by atoms with Crippen molar-refractivity contribution in [2.45, 2.75) is 64.1 Å². The van der Waals surface area contributed by atoms with Crippen molar-refractivity contribution in [3.63, 3.8) is 0 Å². The van der Waals surface area contributed by atoms with E-state index in [-0.39, 0.29) is 35.7 Å². The quantitative estimate of drug-likeness (QED) is 0.769. The average molecular weight is 355 g/mol. The number of ether oxygens (including phenoxy) is 1. The predicted molar refractivity (Wildman–Crippen MR) is 99.1 cm³/mol. The van der Waals surface area contributed by atoms with E-state index in [1.807, 2.05) is 18.2 Å². The standard InChI is InChI=1S/C22H29NO3/c24-21(17-9-5-2-6-10-17)23-14-13-18-19(22(23)25)11-12-20(18)26-15-16-7-3-1-4-8-16/h1,3-4,7-8,17-20H,2,5-6,9-15H2/t18-,19-,20-/m1/s1. The lowest BCUT2D eigenvalue weighted by molar-refractivity contribution is -0.155. The molecule has 26 heavy (non-hydrogen) atoms. The summed E-state index contributed by atoms with van der Waals surface area (Å²) < 4.78 is 6.16. The van der Waals surface area contributed by atoms with E-state index < -0.39 is 0 Å². The highest BCUT2D eigenvalue weighted by Crippen LogP contribution is 2.41. The Morgan fingerprint density at radius 2 is 1.77 bits per heavy atom. The summed E-state index contributed by atoms with van der Waals surface area (Å²) in [5, 5.41) is 0. The minimum Gasteiger partial charge on any atom is -0.373 e. The Bertz CT molecular complexity index is 638. The summed E-state index contributed by atoms with van der Waals surface area (Å²) in [6, 6.07) is 10.2. The number of nitrogens with zero attached hydrogens (tertiary/aromatic N) is 1. The molecule has 0 spiro atoms. The number of fused-ring (bicyclic) bond motifs is 1. The molecule has 1 aromatic rings. The Morgan fingerprint density at radius 3 is 2.54 bits per heavy atom. The molecular weight excluding hydrogens is 326 g/mol. The second-order valence-electron chi connectivity index (χ2n) is 8.13. The van der Waals surface area contributed by atoms with Crippen LogP contribution in [0.4, 0.5) is 0 Å². The van der Waals surface area contributed by atoms with Crippen LogP contribution >= 0.6 is 0 Å². The van der Waals surface area contributed by atoms with Crippen LogP contribution in [0.2, 0.25) is 0 Å². The highest BCUT2D eigenvalue weighted by molar-refractivity contribution is 5.98. The average Bonchev–Trinajstić information content (AvgIpc) is 3.12. The minimum atomic E-state index is -0.0166.